The first kappa shape index (κ1) is 12.4. The van der Waals surface area contributed by atoms with Crippen molar-refractivity contribution in [2.45, 2.75) is 39.7 Å². The molecule has 1 fully saturated rings. The zero-order valence-electron chi connectivity index (χ0n) is 11.1. The minimum absolute atomic E-state index is 0.643. The van der Waals surface area contributed by atoms with Crippen molar-refractivity contribution in [3.05, 3.63) is 29.3 Å². The topological polar surface area (TPSA) is 29.3 Å². The summed E-state index contributed by atoms with van der Waals surface area (Å²) >= 11 is 0. The maximum absolute atomic E-state index is 5.87. The number of piperidine rings is 1. The van der Waals surface area contributed by atoms with E-state index < -0.39 is 0 Å². The van der Waals surface area contributed by atoms with Crippen LogP contribution in [0.1, 0.15) is 37.3 Å². The Balaban J connectivity index is 2.20. The molecule has 1 atom stereocenters. The van der Waals surface area contributed by atoms with Crippen molar-refractivity contribution in [3.63, 3.8) is 0 Å². The molecule has 2 nitrogen and oxygen atoms in total. The highest BCUT2D eigenvalue weighted by atomic mass is 15.1. The lowest BCUT2D eigenvalue weighted by Crippen LogP contribution is -2.35. The second-order valence-electron chi connectivity index (χ2n) is 5.20. The van der Waals surface area contributed by atoms with Crippen LogP contribution in [0.25, 0.3) is 0 Å². The highest BCUT2D eigenvalue weighted by molar-refractivity contribution is 5.55. The van der Waals surface area contributed by atoms with E-state index >= 15 is 0 Å². The molecule has 1 aromatic carbocycles. The maximum Gasteiger partial charge on any atom is 0.0412 e. The number of hydrogen-bond acceptors (Lipinski definition) is 2. The van der Waals surface area contributed by atoms with Gasteiger partial charge in [-0.1, -0.05) is 31.0 Å². The summed E-state index contributed by atoms with van der Waals surface area (Å²) in [6, 6.07) is 6.67. The van der Waals surface area contributed by atoms with Crippen molar-refractivity contribution < 1.29 is 0 Å². The van der Waals surface area contributed by atoms with Gasteiger partial charge in [0, 0.05) is 25.3 Å². The summed E-state index contributed by atoms with van der Waals surface area (Å²) in [4.78, 5) is 2.53. The molecule has 0 saturated carbocycles. The van der Waals surface area contributed by atoms with E-state index in [9.17, 15) is 0 Å². The molecule has 2 rings (SSSR count). The summed E-state index contributed by atoms with van der Waals surface area (Å²) in [7, 11) is 0. The Morgan fingerprint density at radius 3 is 2.94 bits per heavy atom. The van der Waals surface area contributed by atoms with E-state index in [0.717, 1.165) is 5.92 Å². The normalized spacial score (nSPS) is 20.6. The lowest BCUT2D eigenvalue weighted by molar-refractivity contribution is 0.404. The van der Waals surface area contributed by atoms with E-state index in [2.05, 4.69) is 36.9 Å². The zero-order valence-corrected chi connectivity index (χ0v) is 11.1. The number of benzene rings is 1. The largest absolute Gasteiger partial charge is 0.371 e. The Morgan fingerprint density at radius 1 is 1.41 bits per heavy atom. The van der Waals surface area contributed by atoms with E-state index in [0.29, 0.717) is 6.54 Å². The SMILES string of the molecule is CCC1CCCN(c2ccc(C)cc2CN)C1. The predicted octanol–water partition coefficient (Wildman–Crippen LogP) is 3.08. The van der Waals surface area contributed by atoms with Gasteiger partial charge in [0.25, 0.3) is 0 Å². The Kier molecular flexibility index (Phi) is 4.06. The van der Waals surface area contributed by atoms with Crippen molar-refractivity contribution in [2.75, 3.05) is 18.0 Å². The maximum atomic E-state index is 5.87. The molecular formula is C15H24N2. The fourth-order valence-electron chi connectivity index (χ4n) is 2.80. The number of hydrogen-bond donors (Lipinski definition) is 1. The quantitative estimate of drug-likeness (QED) is 0.867. The van der Waals surface area contributed by atoms with Crippen LogP contribution in [0.4, 0.5) is 5.69 Å². The molecule has 0 amide bonds. The number of nitrogens with zero attached hydrogens (tertiary/aromatic N) is 1. The van der Waals surface area contributed by atoms with Crippen molar-refractivity contribution >= 4 is 5.69 Å². The van der Waals surface area contributed by atoms with Crippen LogP contribution in [0, 0.1) is 12.8 Å². The summed E-state index contributed by atoms with van der Waals surface area (Å²) in [5, 5.41) is 0. The number of nitrogens with two attached hydrogens (primary N) is 1. The van der Waals surface area contributed by atoms with Gasteiger partial charge in [-0.2, -0.15) is 0 Å². The Bertz CT molecular complexity index is 373. The van der Waals surface area contributed by atoms with Gasteiger partial charge in [-0.3, -0.25) is 0 Å². The Hall–Kier alpha value is -1.02. The molecule has 1 saturated heterocycles. The third-order valence-electron chi connectivity index (χ3n) is 3.89. The first-order valence-electron chi connectivity index (χ1n) is 6.79. The third-order valence-corrected chi connectivity index (χ3v) is 3.89. The second-order valence-corrected chi connectivity index (χ2v) is 5.20. The van der Waals surface area contributed by atoms with E-state index in [4.69, 9.17) is 5.73 Å². The van der Waals surface area contributed by atoms with Crippen molar-refractivity contribution in [2.24, 2.45) is 11.7 Å². The molecule has 1 aliphatic heterocycles. The molecule has 1 unspecified atom stereocenters. The monoisotopic (exact) mass is 232 g/mol. The minimum atomic E-state index is 0.643. The van der Waals surface area contributed by atoms with Gasteiger partial charge in [0.1, 0.15) is 0 Å². The van der Waals surface area contributed by atoms with Crippen LogP contribution in [-0.4, -0.2) is 13.1 Å². The van der Waals surface area contributed by atoms with Gasteiger partial charge < -0.3 is 10.6 Å². The summed E-state index contributed by atoms with van der Waals surface area (Å²) in [5.41, 5.74) is 9.82. The van der Waals surface area contributed by atoms with Crippen LogP contribution in [0.5, 0.6) is 0 Å². The Morgan fingerprint density at radius 2 is 2.24 bits per heavy atom. The van der Waals surface area contributed by atoms with Crippen molar-refractivity contribution in [1.29, 1.82) is 0 Å². The lowest BCUT2D eigenvalue weighted by atomic mass is 9.94. The van der Waals surface area contributed by atoms with Crippen molar-refractivity contribution in [1.82, 2.24) is 0 Å². The van der Waals surface area contributed by atoms with E-state index in [1.54, 1.807) is 0 Å². The molecule has 0 aliphatic carbocycles. The van der Waals surface area contributed by atoms with Gasteiger partial charge in [0.2, 0.25) is 0 Å². The highest BCUT2D eigenvalue weighted by Gasteiger charge is 2.20. The molecule has 0 aromatic heterocycles. The van der Waals surface area contributed by atoms with Crippen LogP contribution in [0.3, 0.4) is 0 Å². The molecule has 1 heterocycles. The van der Waals surface area contributed by atoms with Crippen LogP contribution in [0.2, 0.25) is 0 Å². The highest BCUT2D eigenvalue weighted by Crippen LogP contribution is 2.28. The molecule has 0 spiro atoms. The molecule has 94 valence electrons. The molecule has 0 bridgehead atoms. The van der Waals surface area contributed by atoms with Crippen LogP contribution < -0.4 is 10.6 Å². The fourth-order valence-corrected chi connectivity index (χ4v) is 2.80. The summed E-state index contributed by atoms with van der Waals surface area (Å²) in [6.07, 6.45) is 3.99. The van der Waals surface area contributed by atoms with E-state index in [1.807, 2.05) is 0 Å². The fraction of sp³-hybridized carbons (Fsp3) is 0.600. The second kappa shape index (κ2) is 5.54. The van der Waals surface area contributed by atoms with Gasteiger partial charge in [0.15, 0.2) is 0 Å². The molecule has 17 heavy (non-hydrogen) atoms. The smallest absolute Gasteiger partial charge is 0.0412 e. The van der Waals surface area contributed by atoms with Crippen LogP contribution >= 0.6 is 0 Å². The number of aryl methyl sites for hydroxylation is 1. The van der Waals surface area contributed by atoms with Gasteiger partial charge in [-0.15, -0.1) is 0 Å². The average molecular weight is 232 g/mol. The standard InChI is InChI=1S/C15H24N2/c1-3-13-5-4-8-17(11-13)15-7-6-12(2)9-14(15)10-16/h6-7,9,13H,3-5,8,10-11,16H2,1-2H3. The van der Waals surface area contributed by atoms with Gasteiger partial charge >= 0.3 is 0 Å². The minimum Gasteiger partial charge on any atom is -0.371 e. The molecule has 2 N–H and O–H groups in total. The number of rotatable bonds is 3. The Labute approximate surface area is 105 Å². The predicted molar refractivity (Wildman–Crippen MR) is 74.3 cm³/mol. The van der Waals surface area contributed by atoms with Gasteiger partial charge in [-0.05, 0) is 37.3 Å². The summed E-state index contributed by atoms with van der Waals surface area (Å²) in [5.74, 6) is 0.857. The first-order chi connectivity index (χ1) is 8.24. The van der Waals surface area contributed by atoms with Gasteiger partial charge in [0.05, 0.1) is 0 Å². The molecule has 2 heteroatoms. The average Bonchev–Trinajstić information content (AvgIpc) is 2.38. The molecule has 1 aliphatic rings. The van der Waals surface area contributed by atoms with Crippen LogP contribution in [0.15, 0.2) is 18.2 Å². The first-order valence-corrected chi connectivity index (χ1v) is 6.79. The molecular weight excluding hydrogens is 208 g/mol. The third kappa shape index (κ3) is 2.81. The van der Waals surface area contributed by atoms with Crippen molar-refractivity contribution in [3.8, 4) is 0 Å². The van der Waals surface area contributed by atoms with E-state index in [1.165, 1.54) is 49.2 Å². The van der Waals surface area contributed by atoms with E-state index in [-0.39, 0.29) is 0 Å². The number of anilines is 1. The van der Waals surface area contributed by atoms with Gasteiger partial charge in [-0.25, -0.2) is 0 Å². The summed E-state index contributed by atoms with van der Waals surface area (Å²) in [6.45, 7) is 7.46. The molecule has 0 radical (unpaired) electrons. The molecule has 1 aromatic rings. The van der Waals surface area contributed by atoms with Crippen LogP contribution in [-0.2, 0) is 6.54 Å². The lowest BCUT2D eigenvalue weighted by Gasteiger charge is -2.35. The zero-order chi connectivity index (χ0) is 12.3. The summed E-state index contributed by atoms with van der Waals surface area (Å²) < 4.78 is 0.